The Labute approximate surface area is 109 Å². The molecule has 5 heteroatoms. The van der Waals surface area contributed by atoms with Crippen LogP contribution < -0.4 is 4.74 Å². The Hall–Kier alpha value is -2.01. The van der Waals surface area contributed by atoms with Gasteiger partial charge >= 0.3 is 0 Å². The number of ether oxygens (including phenoxy) is 1. The fourth-order valence-corrected chi connectivity index (χ4v) is 1.64. The Bertz CT molecular complexity index is 573. The lowest BCUT2D eigenvalue weighted by Crippen LogP contribution is -2.00. The molecule has 19 heavy (non-hydrogen) atoms. The molecule has 2 aromatic rings. The van der Waals surface area contributed by atoms with Gasteiger partial charge in [0.15, 0.2) is 0 Å². The SMILES string of the molecule is C[C@H](O)c1ccc(OCc2cncc(F)c2)cc1F. The summed E-state index contributed by atoms with van der Waals surface area (Å²) in [5.41, 5.74) is 0.764. The van der Waals surface area contributed by atoms with E-state index in [9.17, 15) is 13.9 Å². The van der Waals surface area contributed by atoms with Crippen LogP contribution in [0.2, 0.25) is 0 Å². The quantitative estimate of drug-likeness (QED) is 0.924. The molecular formula is C14H13F2NO2. The molecule has 1 atom stereocenters. The van der Waals surface area contributed by atoms with Crippen molar-refractivity contribution in [1.29, 1.82) is 0 Å². The number of aliphatic hydroxyl groups is 1. The standard InChI is InChI=1S/C14H13F2NO2/c1-9(18)13-3-2-12(5-14(13)16)19-8-10-4-11(15)7-17-6-10/h2-7,9,18H,8H2,1H3/t9-/m0/s1. The maximum atomic E-state index is 13.6. The predicted molar refractivity (Wildman–Crippen MR) is 65.6 cm³/mol. The van der Waals surface area contributed by atoms with E-state index in [4.69, 9.17) is 4.74 Å². The van der Waals surface area contributed by atoms with E-state index >= 15 is 0 Å². The van der Waals surface area contributed by atoms with Gasteiger partial charge in [0, 0.05) is 23.4 Å². The van der Waals surface area contributed by atoms with Crippen molar-refractivity contribution in [2.24, 2.45) is 0 Å². The zero-order valence-electron chi connectivity index (χ0n) is 10.3. The number of aliphatic hydroxyl groups excluding tert-OH is 1. The average molecular weight is 265 g/mol. The van der Waals surface area contributed by atoms with Crippen molar-refractivity contribution in [3.05, 3.63) is 59.4 Å². The number of nitrogens with zero attached hydrogens (tertiary/aromatic N) is 1. The van der Waals surface area contributed by atoms with Gasteiger partial charge in [0.05, 0.1) is 12.3 Å². The number of aromatic nitrogens is 1. The first-order valence-corrected chi connectivity index (χ1v) is 5.76. The fourth-order valence-electron chi connectivity index (χ4n) is 1.64. The van der Waals surface area contributed by atoms with Gasteiger partial charge in [-0.2, -0.15) is 0 Å². The monoisotopic (exact) mass is 265 g/mol. The molecule has 0 aliphatic carbocycles. The molecule has 0 bridgehead atoms. The minimum Gasteiger partial charge on any atom is -0.489 e. The molecule has 0 aliphatic heterocycles. The Balaban J connectivity index is 2.06. The van der Waals surface area contributed by atoms with Crippen molar-refractivity contribution < 1.29 is 18.6 Å². The van der Waals surface area contributed by atoms with Gasteiger partial charge in [-0.3, -0.25) is 4.98 Å². The summed E-state index contributed by atoms with van der Waals surface area (Å²) < 4.78 is 31.8. The number of rotatable bonds is 4. The summed E-state index contributed by atoms with van der Waals surface area (Å²) >= 11 is 0. The topological polar surface area (TPSA) is 42.4 Å². The van der Waals surface area contributed by atoms with Gasteiger partial charge in [-0.1, -0.05) is 0 Å². The molecule has 3 nitrogen and oxygen atoms in total. The van der Waals surface area contributed by atoms with Crippen LogP contribution >= 0.6 is 0 Å². The van der Waals surface area contributed by atoms with Crippen LogP contribution in [0.15, 0.2) is 36.7 Å². The largest absolute Gasteiger partial charge is 0.489 e. The van der Waals surface area contributed by atoms with E-state index < -0.39 is 17.7 Å². The lowest BCUT2D eigenvalue weighted by Gasteiger charge is -2.10. The molecule has 0 aliphatic rings. The third kappa shape index (κ3) is 3.48. The van der Waals surface area contributed by atoms with E-state index in [2.05, 4.69) is 4.98 Å². The van der Waals surface area contributed by atoms with Crippen LogP contribution in [0.5, 0.6) is 5.75 Å². The number of hydrogen-bond donors (Lipinski definition) is 1. The normalized spacial score (nSPS) is 12.2. The molecular weight excluding hydrogens is 252 g/mol. The third-order valence-corrected chi connectivity index (χ3v) is 2.59. The van der Waals surface area contributed by atoms with Gasteiger partial charge in [-0.25, -0.2) is 8.78 Å². The summed E-state index contributed by atoms with van der Waals surface area (Å²) in [6.07, 6.45) is 1.70. The summed E-state index contributed by atoms with van der Waals surface area (Å²) in [7, 11) is 0. The Morgan fingerprint density at radius 1 is 1.26 bits per heavy atom. The second-order valence-corrected chi connectivity index (χ2v) is 4.16. The van der Waals surface area contributed by atoms with Crippen LogP contribution in [-0.4, -0.2) is 10.1 Å². The van der Waals surface area contributed by atoms with Crippen LogP contribution in [0.25, 0.3) is 0 Å². The molecule has 0 amide bonds. The molecule has 2 rings (SSSR count). The molecule has 0 saturated heterocycles. The Morgan fingerprint density at radius 3 is 2.68 bits per heavy atom. The highest BCUT2D eigenvalue weighted by molar-refractivity contribution is 5.30. The second kappa shape index (κ2) is 5.75. The molecule has 0 saturated carbocycles. The van der Waals surface area contributed by atoms with E-state index in [1.807, 2.05) is 0 Å². The van der Waals surface area contributed by atoms with Crippen LogP contribution in [0.1, 0.15) is 24.2 Å². The van der Waals surface area contributed by atoms with Crippen LogP contribution in [0.3, 0.4) is 0 Å². The van der Waals surface area contributed by atoms with E-state index in [1.165, 1.54) is 31.3 Å². The van der Waals surface area contributed by atoms with E-state index in [0.717, 1.165) is 6.20 Å². The third-order valence-electron chi connectivity index (χ3n) is 2.59. The average Bonchev–Trinajstić information content (AvgIpc) is 2.36. The zero-order chi connectivity index (χ0) is 13.8. The number of hydrogen-bond acceptors (Lipinski definition) is 3. The second-order valence-electron chi connectivity index (χ2n) is 4.16. The lowest BCUT2D eigenvalue weighted by molar-refractivity contribution is 0.194. The minimum absolute atomic E-state index is 0.0955. The molecule has 1 aromatic heterocycles. The fraction of sp³-hybridized carbons (Fsp3) is 0.214. The van der Waals surface area contributed by atoms with E-state index in [-0.39, 0.29) is 12.2 Å². The van der Waals surface area contributed by atoms with Gasteiger partial charge in [-0.15, -0.1) is 0 Å². The van der Waals surface area contributed by atoms with Crippen molar-refractivity contribution in [3.63, 3.8) is 0 Å². The molecule has 0 unspecified atom stereocenters. The van der Waals surface area contributed by atoms with Gasteiger partial charge < -0.3 is 9.84 Å². The van der Waals surface area contributed by atoms with Crippen LogP contribution in [-0.2, 0) is 6.61 Å². The number of halogens is 2. The molecule has 0 spiro atoms. The summed E-state index contributed by atoms with van der Waals surface area (Å²) in [6, 6.07) is 5.50. The van der Waals surface area contributed by atoms with Crippen molar-refractivity contribution in [2.75, 3.05) is 0 Å². The van der Waals surface area contributed by atoms with Crippen molar-refractivity contribution in [2.45, 2.75) is 19.6 Å². The highest BCUT2D eigenvalue weighted by Crippen LogP contribution is 2.22. The molecule has 1 aromatic carbocycles. The highest BCUT2D eigenvalue weighted by atomic mass is 19.1. The summed E-state index contributed by atoms with van der Waals surface area (Å²) in [5, 5.41) is 9.30. The molecule has 0 fully saturated rings. The Kier molecular flexibility index (Phi) is 4.06. The van der Waals surface area contributed by atoms with Crippen LogP contribution in [0, 0.1) is 11.6 Å². The van der Waals surface area contributed by atoms with Crippen molar-refractivity contribution >= 4 is 0 Å². The zero-order valence-corrected chi connectivity index (χ0v) is 10.3. The van der Waals surface area contributed by atoms with Gasteiger partial charge in [0.1, 0.15) is 24.0 Å². The molecule has 0 radical (unpaired) electrons. The predicted octanol–water partition coefficient (Wildman–Crippen LogP) is 2.99. The molecule has 1 N–H and O–H groups in total. The van der Waals surface area contributed by atoms with Gasteiger partial charge in [-0.05, 0) is 25.1 Å². The van der Waals surface area contributed by atoms with E-state index in [1.54, 1.807) is 6.07 Å². The van der Waals surface area contributed by atoms with Crippen LogP contribution in [0.4, 0.5) is 8.78 Å². The minimum atomic E-state index is -0.874. The first-order chi connectivity index (χ1) is 9.06. The maximum Gasteiger partial charge on any atom is 0.141 e. The first kappa shape index (κ1) is 13.4. The molecule has 100 valence electrons. The Morgan fingerprint density at radius 2 is 2.05 bits per heavy atom. The van der Waals surface area contributed by atoms with Crippen molar-refractivity contribution in [3.8, 4) is 5.75 Å². The summed E-state index contributed by atoms with van der Waals surface area (Å²) in [5.74, 6) is -0.673. The summed E-state index contributed by atoms with van der Waals surface area (Å²) in [4.78, 5) is 3.69. The molecule has 1 heterocycles. The van der Waals surface area contributed by atoms with Gasteiger partial charge in [0.2, 0.25) is 0 Å². The summed E-state index contributed by atoms with van der Waals surface area (Å²) in [6.45, 7) is 1.58. The first-order valence-electron chi connectivity index (χ1n) is 5.76. The maximum absolute atomic E-state index is 13.6. The van der Waals surface area contributed by atoms with Crippen molar-refractivity contribution in [1.82, 2.24) is 4.98 Å². The lowest BCUT2D eigenvalue weighted by atomic mass is 10.1. The number of benzene rings is 1. The highest BCUT2D eigenvalue weighted by Gasteiger charge is 2.09. The smallest absolute Gasteiger partial charge is 0.141 e. The number of pyridine rings is 1. The van der Waals surface area contributed by atoms with E-state index in [0.29, 0.717) is 11.3 Å². The van der Waals surface area contributed by atoms with Gasteiger partial charge in [0.25, 0.3) is 0 Å².